The largest absolute Gasteiger partial charge is 0.497 e. The minimum atomic E-state index is -1.15. The fraction of sp³-hybridized carbons (Fsp3) is 0.238. The van der Waals surface area contributed by atoms with Crippen LogP contribution in [0.1, 0.15) is 0 Å². The molecule has 2 aromatic rings. The van der Waals surface area contributed by atoms with Crippen LogP contribution < -0.4 is 19.9 Å². The van der Waals surface area contributed by atoms with E-state index in [0.717, 1.165) is 49.8 Å². The average molecular weight is 381 g/mol. The number of carboxylic acids is 1. The highest BCUT2D eigenvalue weighted by Gasteiger charge is 2.17. The van der Waals surface area contributed by atoms with E-state index in [0.29, 0.717) is 5.69 Å². The maximum Gasteiger partial charge on any atom is 0.328 e. The Morgan fingerprint density at radius 2 is 1.39 bits per heavy atom. The van der Waals surface area contributed by atoms with Crippen molar-refractivity contribution in [3.63, 3.8) is 0 Å². The number of ether oxygens (including phenoxy) is 1. The smallest absolute Gasteiger partial charge is 0.328 e. The summed E-state index contributed by atoms with van der Waals surface area (Å²) >= 11 is 0. The molecule has 0 bridgehead atoms. The normalized spacial score (nSPS) is 14.2. The minimum Gasteiger partial charge on any atom is -0.497 e. The van der Waals surface area contributed by atoms with Crippen LogP contribution in [0, 0.1) is 0 Å². The second-order valence-electron chi connectivity index (χ2n) is 6.38. The molecule has 1 aliphatic heterocycles. The van der Waals surface area contributed by atoms with Crippen molar-refractivity contribution in [1.82, 2.24) is 0 Å². The lowest BCUT2D eigenvalue weighted by Gasteiger charge is -2.37. The van der Waals surface area contributed by atoms with Gasteiger partial charge in [0, 0.05) is 55.4 Å². The van der Waals surface area contributed by atoms with Crippen LogP contribution in [-0.4, -0.2) is 50.3 Å². The molecule has 0 saturated carbocycles. The zero-order chi connectivity index (χ0) is 19.9. The van der Waals surface area contributed by atoms with Gasteiger partial charge in [0.15, 0.2) is 0 Å². The lowest BCUT2D eigenvalue weighted by atomic mass is 10.2. The Balaban J connectivity index is 1.54. The number of piperazine rings is 1. The molecular formula is C21H23N3O4. The van der Waals surface area contributed by atoms with Crippen LogP contribution in [0.3, 0.4) is 0 Å². The van der Waals surface area contributed by atoms with E-state index >= 15 is 0 Å². The first-order valence-electron chi connectivity index (χ1n) is 9.01. The van der Waals surface area contributed by atoms with Crippen LogP contribution in [0.5, 0.6) is 5.75 Å². The quantitative estimate of drug-likeness (QED) is 0.749. The fourth-order valence-corrected chi connectivity index (χ4v) is 3.10. The number of aliphatic carboxylic acids is 1. The number of methoxy groups -OCH3 is 1. The molecule has 1 heterocycles. The van der Waals surface area contributed by atoms with Crippen molar-refractivity contribution in [1.29, 1.82) is 0 Å². The summed E-state index contributed by atoms with van der Waals surface area (Å²) in [7, 11) is 1.66. The van der Waals surface area contributed by atoms with Gasteiger partial charge in [-0.05, 0) is 48.5 Å². The van der Waals surface area contributed by atoms with E-state index in [-0.39, 0.29) is 0 Å². The molecule has 1 fully saturated rings. The van der Waals surface area contributed by atoms with E-state index in [4.69, 9.17) is 9.84 Å². The Morgan fingerprint density at radius 1 is 0.893 bits per heavy atom. The first kappa shape index (κ1) is 19.3. The van der Waals surface area contributed by atoms with Gasteiger partial charge in [-0.3, -0.25) is 4.79 Å². The number of benzene rings is 2. The number of carbonyl (C=O) groups is 2. The number of hydrogen-bond donors (Lipinski definition) is 2. The number of nitrogens with zero attached hydrogens (tertiary/aromatic N) is 2. The Morgan fingerprint density at radius 3 is 1.86 bits per heavy atom. The number of amides is 1. The second-order valence-corrected chi connectivity index (χ2v) is 6.38. The first-order chi connectivity index (χ1) is 13.5. The molecule has 0 radical (unpaired) electrons. The van der Waals surface area contributed by atoms with Gasteiger partial charge in [-0.15, -0.1) is 0 Å². The van der Waals surface area contributed by atoms with Crippen LogP contribution in [0.25, 0.3) is 0 Å². The van der Waals surface area contributed by atoms with Crippen LogP contribution in [0.15, 0.2) is 60.7 Å². The number of anilines is 3. The molecule has 0 spiro atoms. The topological polar surface area (TPSA) is 82.1 Å². The first-order valence-corrected chi connectivity index (χ1v) is 9.01. The summed E-state index contributed by atoms with van der Waals surface area (Å²) in [6.07, 6.45) is 1.81. The molecule has 1 aliphatic rings. The van der Waals surface area contributed by atoms with Gasteiger partial charge in [0.05, 0.1) is 7.11 Å². The lowest BCUT2D eigenvalue weighted by molar-refractivity contribution is -0.131. The Bertz CT molecular complexity index is 839. The molecule has 1 amide bonds. The molecule has 0 unspecified atom stereocenters. The third-order valence-electron chi connectivity index (χ3n) is 4.59. The molecule has 2 N–H and O–H groups in total. The molecule has 0 aromatic heterocycles. The number of hydrogen-bond acceptors (Lipinski definition) is 5. The molecule has 2 aromatic carbocycles. The van der Waals surface area contributed by atoms with Crippen LogP contribution in [0.2, 0.25) is 0 Å². The number of carboxylic acid groups (broad SMARTS) is 1. The molecule has 146 valence electrons. The highest BCUT2D eigenvalue weighted by molar-refractivity contribution is 6.02. The summed E-state index contributed by atoms with van der Waals surface area (Å²) in [5, 5.41) is 11.2. The molecule has 28 heavy (non-hydrogen) atoms. The van der Waals surface area contributed by atoms with E-state index in [1.165, 1.54) is 5.69 Å². The molecule has 7 nitrogen and oxygen atoms in total. The van der Waals surface area contributed by atoms with E-state index in [1.807, 2.05) is 36.4 Å². The zero-order valence-corrected chi connectivity index (χ0v) is 15.7. The summed E-state index contributed by atoms with van der Waals surface area (Å²) in [5.74, 6) is -0.768. The maximum absolute atomic E-state index is 11.6. The second kappa shape index (κ2) is 8.94. The zero-order valence-electron chi connectivity index (χ0n) is 15.7. The predicted molar refractivity (Wildman–Crippen MR) is 109 cm³/mol. The van der Waals surface area contributed by atoms with Gasteiger partial charge in [-0.2, -0.15) is 0 Å². The standard InChI is InChI=1S/C21H23N3O4/c1-28-19-8-6-18(7-9-19)24-14-12-23(13-15-24)17-4-2-16(3-5-17)22-20(25)10-11-21(26)27/h2-11H,12-15H2,1H3,(H,22,25)(H,26,27). The van der Waals surface area contributed by atoms with Gasteiger partial charge < -0.3 is 25.0 Å². The fourth-order valence-electron chi connectivity index (χ4n) is 3.10. The van der Waals surface area contributed by atoms with Crippen molar-refractivity contribution in [2.75, 3.05) is 48.4 Å². The SMILES string of the molecule is COc1ccc(N2CCN(c3ccc(NC(=O)C=CC(=O)O)cc3)CC2)cc1. The van der Waals surface area contributed by atoms with E-state index in [9.17, 15) is 9.59 Å². The number of rotatable bonds is 6. The third kappa shape index (κ3) is 5.03. The van der Waals surface area contributed by atoms with Crippen molar-refractivity contribution in [3.05, 3.63) is 60.7 Å². The van der Waals surface area contributed by atoms with Gasteiger partial charge in [0.25, 0.3) is 0 Å². The Hall–Kier alpha value is -3.48. The van der Waals surface area contributed by atoms with Gasteiger partial charge in [0.1, 0.15) is 5.75 Å². The Labute approximate surface area is 163 Å². The monoisotopic (exact) mass is 381 g/mol. The van der Waals surface area contributed by atoms with Crippen LogP contribution in [0.4, 0.5) is 17.1 Å². The van der Waals surface area contributed by atoms with Crippen molar-refractivity contribution in [2.24, 2.45) is 0 Å². The maximum atomic E-state index is 11.6. The average Bonchev–Trinajstić information content (AvgIpc) is 2.73. The van der Waals surface area contributed by atoms with Crippen LogP contribution in [-0.2, 0) is 9.59 Å². The van der Waals surface area contributed by atoms with Gasteiger partial charge >= 0.3 is 5.97 Å². The van der Waals surface area contributed by atoms with Crippen molar-refractivity contribution >= 4 is 28.9 Å². The summed E-state index contributed by atoms with van der Waals surface area (Å²) in [4.78, 5) is 26.7. The molecule has 1 saturated heterocycles. The van der Waals surface area contributed by atoms with E-state index in [1.54, 1.807) is 7.11 Å². The summed E-state index contributed by atoms with van der Waals surface area (Å²) in [6.45, 7) is 3.65. The van der Waals surface area contributed by atoms with Crippen LogP contribution >= 0.6 is 0 Å². The van der Waals surface area contributed by atoms with Crippen molar-refractivity contribution < 1.29 is 19.4 Å². The minimum absolute atomic E-state index is 0.469. The number of carbonyl (C=O) groups excluding carboxylic acids is 1. The third-order valence-corrected chi connectivity index (χ3v) is 4.59. The molecule has 3 rings (SSSR count). The van der Waals surface area contributed by atoms with Crippen molar-refractivity contribution in [3.8, 4) is 5.75 Å². The summed E-state index contributed by atoms with van der Waals surface area (Å²) in [5.41, 5.74) is 2.90. The highest BCUT2D eigenvalue weighted by Crippen LogP contribution is 2.23. The lowest BCUT2D eigenvalue weighted by Crippen LogP contribution is -2.46. The molecule has 7 heteroatoms. The molecule has 0 aliphatic carbocycles. The highest BCUT2D eigenvalue weighted by atomic mass is 16.5. The number of nitrogens with one attached hydrogen (secondary N) is 1. The van der Waals surface area contributed by atoms with Gasteiger partial charge in [-0.25, -0.2) is 4.79 Å². The van der Waals surface area contributed by atoms with Crippen molar-refractivity contribution in [2.45, 2.75) is 0 Å². The Kier molecular flexibility index (Phi) is 6.16. The molecule has 0 atom stereocenters. The van der Waals surface area contributed by atoms with E-state index < -0.39 is 11.9 Å². The summed E-state index contributed by atoms with van der Waals surface area (Å²) in [6, 6.07) is 15.6. The van der Waals surface area contributed by atoms with Gasteiger partial charge in [0.2, 0.25) is 5.91 Å². The van der Waals surface area contributed by atoms with E-state index in [2.05, 4.69) is 27.2 Å². The van der Waals surface area contributed by atoms with Gasteiger partial charge in [-0.1, -0.05) is 0 Å². The predicted octanol–water partition coefficient (Wildman–Crippen LogP) is 2.60. The summed E-state index contributed by atoms with van der Waals surface area (Å²) < 4.78 is 5.21. The molecular weight excluding hydrogens is 358 g/mol.